The van der Waals surface area contributed by atoms with Gasteiger partial charge in [-0.3, -0.25) is 9.59 Å². The fourth-order valence-electron chi connectivity index (χ4n) is 1.03. The molecule has 0 heterocycles. The zero-order valence-corrected chi connectivity index (χ0v) is 7.48. The van der Waals surface area contributed by atoms with Gasteiger partial charge in [0.15, 0.2) is 23.3 Å². The number of rotatable bonds is 3. The molecule has 4 nitrogen and oxygen atoms in total. The number of nitrogens with two attached hydrogens (primary N) is 1. The third-order valence-electron chi connectivity index (χ3n) is 1.71. The van der Waals surface area contributed by atoms with E-state index in [2.05, 4.69) is 5.73 Å². The SMILES string of the molecule is NC(=O)c1c(F)c(F)c(NC=O)c(F)c1F. The molecule has 16 heavy (non-hydrogen) atoms. The van der Waals surface area contributed by atoms with E-state index in [1.807, 2.05) is 0 Å². The highest BCUT2D eigenvalue weighted by Crippen LogP contribution is 2.27. The van der Waals surface area contributed by atoms with Crippen LogP contribution in [-0.4, -0.2) is 12.3 Å². The van der Waals surface area contributed by atoms with Gasteiger partial charge in [-0.25, -0.2) is 17.6 Å². The van der Waals surface area contributed by atoms with E-state index in [0.717, 1.165) is 0 Å². The van der Waals surface area contributed by atoms with Crippen LogP contribution < -0.4 is 11.1 Å². The Morgan fingerprint density at radius 1 is 1.06 bits per heavy atom. The van der Waals surface area contributed by atoms with Crippen LogP contribution in [0.5, 0.6) is 0 Å². The maximum absolute atomic E-state index is 13.0. The standard InChI is InChI=1S/C8H4F4N2O2/c9-3-2(8(13)16)4(10)6(12)7(5(3)11)14-1-15/h1H,(H2,13,16)(H,14,15). The first-order valence-corrected chi connectivity index (χ1v) is 3.77. The van der Waals surface area contributed by atoms with E-state index < -0.39 is 40.4 Å². The summed E-state index contributed by atoms with van der Waals surface area (Å²) in [4.78, 5) is 20.5. The van der Waals surface area contributed by atoms with Gasteiger partial charge in [-0.2, -0.15) is 0 Å². The molecule has 0 spiro atoms. The monoisotopic (exact) mass is 236 g/mol. The predicted octanol–water partition coefficient (Wildman–Crippen LogP) is 0.910. The molecule has 0 aliphatic rings. The van der Waals surface area contributed by atoms with Gasteiger partial charge < -0.3 is 11.1 Å². The highest BCUT2D eigenvalue weighted by atomic mass is 19.2. The molecule has 0 fully saturated rings. The van der Waals surface area contributed by atoms with Crippen molar-refractivity contribution in [2.75, 3.05) is 5.32 Å². The van der Waals surface area contributed by atoms with Crippen LogP contribution in [0.3, 0.4) is 0 Å². The first kappa shape index (κ1) is 12.0. The molecule has 0 aromatic heterocycles. The molecule has 1 aromatic carbocycles. The second-order valence-corrected chi connectivity index (χ2v) is 2.63. The lowest BCUT2D eigenvalue weighted by molar-refractivity contribution is -0.105. The second-order valence-electron chi connectivity index (χ2n) is 2.63. The Bertz CT molecular complexity index is 447. The molecule has 1 aromatic rings. The van der Waals surface area contributed by atoms with Crippen molar-refractivity contribution < 1.29 is 27.2 Å². The zero-order valence-electron chi connectivity index (χ0n) is 7.48. The number of carbonyl (C=O) groups is 2. The predicted molar refractivity (Wildman–Crippen MR) is 44.5 cm³/mol. The molecule has 0 atom stereocenters. The van der Waals surface area contributed by atoms with Gasteiger partial charge in [-0.15, -0.1) is 0 Å². The summed E-state index contributed by atoms with van der Waals surface area (Å²) in [5.74, 6) is -9.39. The number of anilines is 1. The number of halogens is 4. The molecule has 8 heteroatoms. The Morgan fingerprint density at radius 2 is 1.50 bits per heavy atom. The molecule has 0 saturated carbocycles. The van der Waals surface area contributed by atoms with E-state index in [4.69, 9.17) is 0 Å². The number of nitrogens with one attached hydrogen (secondary N) is 1. The minimum atomic E-state index is -1.96. The lowest BCUT2D eigenvalue weighted by atomic mass is 10.1. The molecule has 1 rings (SSSR count). The number of amides is 2. The molecular formula is C8H4F4N2O2. The van der Waals surface area contributed by atoms with E-state index >= 15 is 0 Å². The van der Waals surface area contributed by atoms with E-state index in [-0.39, 0.29) is 6.41 Å². The highest BCUT2D eigenvalue weighted by Gasteiger charge is 2.27. The summed E-state index contributed by atoms with van der Waals surface area (Å²) in [7, 11) is 0. The minimum Gasteiger partial charge on any atom is -0.365 e. The minimum absolute atomic E-state index is 0.176. The number of benzene rings is 1. The van der Waals surface area contributed by atoms with Crippen LogP contribution >= 0.6 is 0 Å². The number of hydrogen-bond acceptors (Lipinski definition) is 2. The average Bonchev–Trinajstić information content (AvgIpc) is 2.21. The van der Waals surface area contributed by atoms with Gasteiger partial charge in [0.1, 0.15) is 11.3 Å². The Labute approximate surface area is 86.0 Å². The van der Waals surface area contributed by atoms with Gasteiger partial charge in [0.05, 0.1) is 0 Å². The van der Waals surface area contributed by atoms with Gasteiger partial charge >= 0.3 is 0 Å². The maximum Gasteiger partial charge on any atom is 0.254 e. The number of primary amides is 1. The van der Waals surface area contributed by atoms with Crippen molar-refractivity contribution in [3.63, 3.8) is 0 Å². The summed E-state index contributed by atoms with van der Waals surface area (Å²) in [5.41, 5.74) is 1.68. The molecule has 0 unspecified atom stereocenters. The van der Waals surface area contributed by atoms with Crippen molar-refractivity contribution in [1.82, 2.24) is 0 Å². The maximum atomic E-state index is 13.0. The number of carbonyl (C=O) groups excluding carboxylic acids is 2. The smallest absolute Gasteiger partial charge is 0.254 e. The molecule has 0 bridgehead atoms. The first-order chi connectivity index (χ1) is 7.41. The molecule has 0 aliphatic heterocycles. The topological polar surface area (TPSA) is 72.2 Å². The van der Waals surface area contributed by atoms with Gasteiger partial charge in [0, 0.05) is 0 Å². The second kappa shape index (κ2) is 4.17. The van der Waals surface area contributed by atoms with Gasteiger partial charge in [0.2, 0.25) is 6.41 Å². The summed E-state index contributed by atoms with van der Waals surface area (Å²) < 4.78 is 52.2. The van der Waals surface area contributed by atoms with Crippen molar-refractivity contribution in [3.05, 3.63) is 28.8 Å². The lowest BCUT2D eigenvalue weighted by Gasteiger charge is -2.08. The van der Waals surface area contributed by atoms with Crippen LogP contribution in [0.15, 0.2) is 0 Å². The molecular weight excluding hydrogens is 232 g/mol. The summed E-state index contributed by atoms with van der Waals surface area (Å²) >= 11 is 0. The Hall–Kier alpha value is -2.12. The fraction of sp³-hybridized carbons (Fsp3) is 0. The van der Waals surface area contributed by atoms with Crippen molar-refractivity contribution in [3.8, 4) is 0 Å². The Morgan fingerprint density at radius 3 is 1.81 bits per heavy atom. The summed E-state index contributed by atoms with van der Waals surface area (Å²) in [5, 5.41) is 1.43. The van der Waals surface area contributed by atoms with E-state index in [0.29, 0.717) is 0 Å². The summed E-state index contributed by atoms with van der Waals surface area (Å²) in [6.45, 7) is 0. The highest BCUT2D eigenvalue weighted by molar-refractivity contribution is 5.94. The van der Waals surface area contributed by atoms with Crippen molar-refractivity contribution in [2.24, 2.45) is 5.73 Å². The zero-order chi connectivity index (χ0) is 12.5. The van der Waals surface area contributed by atoms with Crippen LogP contribution in [0.4, 0.5) is 23.2 Å². The average molecular weight is 236 g/mol. The first-order valence-electron chi connectivity index (χ1n) is 3.77. The lowest BCUT2D eigenvalue weighted by Crippen LogP contribution is -2.19. The van der Waals surface area contributed by atoms with Gasteiger partial charge in [-0.1, -0.05) is 0 Å². The number of hydrogen-bond donors (Lipinski definition) is 2. The van der Waals surface area contributed by atoms with Crippen LogP contribution in [0.25, 0.3) is 0 Å². The molecule has 2 amide bonds. The van der Waals surface area contributed by atoms with Crippen LogP contribution in [-0.2, 0) is 4.79 Å². The molecule has 0 radical (unpaired) electrons. The normalized spacial score (nSPS) is 10.0. The van der Waals surface area contributed by atoms with Gasteiger partial charge in [0.25, 0.3) is 5.91 Å². The largest absolute Gasteiger partial charge is 0.365 e. The fourth-order valence-corrected chi connectivity index (χ4v) is 1.03. The molecule has 0 saturated heterocycles. The van der Waals surface area contributed by atoms with Crippen molar-refractivity contribution in [1.29, 1.82) is 0 Å². The van der Waals surface area contributed by atoms with Crippen LogP contribution in [0.1, 0.15) is 10.4 Å². The third kappa shape index (κ3) is 1.69. The van der Waals surface area contributed by atoms with Crippen molar-refractivity contribution >= 4 is 18.0 Å². The van der Waals surface area contributed by atoms with E-state index in [1.165, 1.54) is 5.32 Å². The molecule has 86 valence electrons. The van der Waals surface area contributed by atoms with E-state index in [9.17, 15) is 27.2 Å². The van der Waals surface area contributed by atoms with Crippen LogP contribution in [0, 0.1) is 23.3 Å². The molecule has 0 aliphatic carbocycles. The van der Waals surface area contributed by atoms with E-state index in [1.54, 1.807) is 0 Å². The Kier molecular flexibility index (Phi) is 3.11. The third-order valence-corrected chi connectivity index (χ3v) is 1.71. The quantitative estimate of drug-likeness (QED) is 0.465. The van der Waals surface area contributed by atoms with Gasteiger partial charge in [-0.05, 0) is 0 Å². The Balaban J connectivity index is 3.62. The van der Waals surface area contributed by atoms with Crippen molar-refractivity contribution in [2.45, 2.75) is 0 Å². The van der Waals surface area contributed by atoms with Crippen LogP contribution in [0.2, 0.25) is 0 Å². The summed E-state index contributed by atoms with van der Waals surface area (Å²) in [6, 6.07) is 0. The molecule has 3 N–H and O–H groups in total. The summed E-state index contributed by atoms with van der Waals surface area (Å²) in [6.07, 6.45) is -0.176.